The number of hydrogen-bond donors (Lipinski definition) is 0. The van der Waals surface area contributed by atoms with Gasteiger partial charge in [0.15, 0.2) is 65.9 Å². The van der Waals surface area contributed by atoms with E-state index in [1.165, 1.54) is 89.8 Å². The van der Waals surface area contributed by atoms with E-state index in [2.05, 4.69) is 0 Å². The predicted octanol–water partition coefficient (Wildman–Crippen LogP) is 3.08. The molecule has 0 bridgehead atoms. The highest BCUT2D eigenvalue weighted by Crippen LogP contribution is 2.61. The maximum Gasteiger partial charge on any atom is 0.331 e. The third-order valence-corrected chi connectivity index (χ3v) is 13.5. The molecule has 1 aliphatic carbocycles. The summed E-state index contributed by atoms with van der Waals surface area (Å²) in [4.78, 5) is 127. The van der Waals surface area contributed by atoms with Gasteiger partial charge in [-0.05, 0) is 60.5 Å². The second kappa shape index (κ2) is 28.0. The maximum absolute atomic E-state index is 14.2. The number of rotatable bonds is 22. The number of methoxy groups -OCH3 is 2. The van der Waals surface area contributed by atoms with Crippen LogP contribution in [-0.4, -0.2) is 173 Å². The Morgan fingerprint density at radius 3 is 1.51 bits per heavy atom. The molecule has 0 aromatic heterocycles. The third-order valence-electron chi connectivity index (χ3n) is 13.5. The largest absolute Gasteiger partial charge is 0.493 e. The van der Waals surface area contributed by atoms with Crippen molar-refractivity contribution in [3.63, 3.8) is 0 Å². The van der Waals surface area contributed by atoms with Crippen molar-refractivity contribution in [2.45, 2.75) is 148 Å². The van der Waals surface area contributed by atoms with Crippen LogP contribution >= 0.6 is 0 Å². The number of ether oxygens (including phenoxy) is 18. The zero-order valence-electron chi connectivity index (χ0n) is 47.9. The van der Waals surface area contributed by atoms with E-state index in [-0.39, 0.29) is 23.0 Å². The molecule has 2 aromatic carbocycles. The lowest BCUT2D eigenvalue weighted by Crippen LogP contribution is -2.64. The smallest absolute Gasteiger partial charge is 0.331 e. The minimum atomic E-state index is -1.80. The number of carbonyl (C=O) groups is 10. The van der Waals surface area contributed by atoms with Crippen molar-refractivity contribution in [2.24, 2.45) is 11.8 Å². The van der Waals surface area contributed by atoms with Crippen molar-refractivity contribution in [1.29, 1.82) is 0 Å². The van der Waals surface area contributed by atoms with Crippen molar-refractivity contribution in [1.82, 2.24) is 0 Å². The van der Waals surface area contributed by atoms with Crippen LogP contribution in [0.15, 0.2) is 60.9 Å². The summed E-state index contributed by atoms with van der Waals surface area (Å²) in [6.45, 7) is 9.37. The average molecular weight is 1200 g/mol. The van der Waals surface area contributed by atoms with Gasteiger partial charge in [0.1, 0.15) is 31.0 Å². The molecule has 85 heavy (non-hydrogen) atoms. The van der Waals surface area contributed by atoms with Gasteiger partial charge in [-0.2, -0.15) is 0 Å². The zero-order chi connectivity index (χ0) is 62.0. The molecule has 2 unspecified atom stereocenters. The molecule has 7 rings (SSSR count). The molecular formula is C57H64O28. The number of fused-ring (bicyclic) bond motifs is 3. The molecule has 460 valence electrons. The number of epoxide rings is 1. The lowest BCUT2D eigenvalue weighted by molar-refractivity contribution is -0.349. The molecule has 5 aliphatic rings. The fourth-order valence-corrected chi connectivity index (χ4v) is 10.2. The molecular weight excluding hydrogens is 1130 g/mol. The summed E-state index contributed by atoms with van der Waals surface area (Å²) in [6, 6.07) is 8.84. The second-order valence-corrected chi connectivity index (χ2v) is 19.8. The highest BCUT2D eigenvalue weighted by molar-refractivity contribution is 5.88. The Bertz CT molecular complexity index is 2970. The van der Waals surface area contributed by atoms with Gasteiger partial charge in [-0.3, -0.25) is 38.4 Å². The van der Waals surface area contributed by atoms with Crippen molar-refractivity contribution in [2.75, 3.05) is 27.4 Å². The van der Waals surface area contributed by atoms with Crippen LogP contribution in [0.3, 0.4) is 0 Å². The van der Waals surface area contributed by atoms with E-state index in [4.69, 9.17) is 85.3 Å². The van der Waals surface area contributed by atoms with Crippen LogP contribution in [0.5, 0.6) is 23.0 Å². The molecule has 28 heteroatoms. The lowest BCUT2D eigenvalue weighted by atomic mass is 9.85. The monoisotopic (exact) mass is 1200 g/mol. The molecule has 4 heterocycles. The van der Waals surface area contributed by atoms with Crippen LogP contribution < -0.4 is 18.9 Å². The molecule has 4 aliphatic heterocycles. The van der Waals surface area contributed by atoms with Gasteiger partial charge >= 0.3 is 59.7 Å². The molecule has 0 spiro atoms. The van der Waals surface area contributed by atoms with Crippen LogP contribution in [-0.2, 0) is 114 Å². The highest BCUT2D eigenvalue weighted by atomic mass is 16.8. The van der Waals surface area contributed by atoms with Gasteiger partial charge in [0.2, 0.25) is 12.6 Å². The van der Waals surface area contributed by atoms with Crippen LogP contribution in [0, 0.1) is 11.8 Å². The van der Waals surface area contributed by atoms with Gasteiger partial charge in [-0.25, -0.2) is 9.59 Å². The summed E-state index contributed by atoms with van der Waals surface area (Å²) in [5.74, 6) is -9.81. The van der Waals surface area contributed by atoms with E-state index >= 15 is 0 Å². The zero-order valence-corrected chi connectivity index (χ0v) is 47.9. The first-order valence-electron chi connectivity index (χ1n) is 26.4. The van der Waals surface area contributed by atoms with E-state index in [1.807, 2.05) is 0 Å². The SMILES string of the molecule is COc1cc(/C=C/C(=O)O[C@H]2[C@H](OC(=O)/C=C/c3ccc(OC(C)=O)c(OC)c3)[C@H](O[C@H]3C4C=CO[C@@H](O[C@@H]5O[C@H](COC(C)=O)[C@@H](OC(C)=O)[C@H](OC(C)=O)[C@H]5OC(C)=O)C4[C@@]4(COC(C)=O)O[C@@H]34)O[C@H](C)[C@@H]2OC(C)=O)ccc1OC(C)=O. The summed E-state index contributed by atoms with van der Waals surface area (Å²) >= 11 is 0. The predicted molar refractivity (Wildman–Crippen MR) is 279 cm³/mol. The second-order valence-electron chi connectivity index (χ2n) is 19.8. The molecule has 0 radical (unpaired) electrons. The van der Waals surface area contributed by atoms with Gasteiger partial charge in [-0.1, -0.05) is 12.1 Å². The van der Waals surface area contributed by atoms with E-state index < -0.39 is 170 Å². The Kier molecular flexibility index (Phi) is 21.1. The first-order valence-corrected chi connectivity index (χ1v) is 26.4. The van der Waals surface area contributed by atoms with E-state index in [1.54, 1.807) is 6.08 Å². The Labute approximate surface area is 485 Å². The third kappa shape index (κ3) is 16.1. The lowest BCUT2D eigenvalue weighted by Gasteiger charge is -2.46. The maximum atomic E-state index is 14.2. The van der Waals surface area contributed by atoms with E-state index in [9.17, 15) is 47.9 Å². The average Bonchev–Trinajstić information content (AvgIpc) is 1.57. The van der Waals surface area contributed by atoms with Gasteiger partial charge in [0.25, 0.3) is 0 Å². The quantitative estimate of drug-likeness (QED) is 0.0537. The number of esters is 10. The van der Waals surface area contributed by atoms with Gasteiger partial charge in [-0.15, -0.1) is 0 Å². The first kappa shape index (κ1) is 64.1. The van der Waals surface area contributed by atoms with Crippen LogP contribution in [0.1, 0.15) is 73.4 Å². The summed E-state index contributed by atoms with van der Waals surface area (Å²) < 4.78 is 105. The first-order chi connectivity index (χ1) is 40.3. The van der Waals surface area contributed by atoms with Gasteiger partial charge in [0.05, 0.1) is 38.6 Å². The van der Waals surface area contributed by atoms with Crippen molar-refractivity contribution in [3.05, 3.63) is 72.0 Å². The minimum Gasteiger partial charge on any atom is -0.493 e. The molecule has 2 aromatic rings. The number of hydrogen-bond acceptors (Lipinski definition) is 28. The van der Waals surface area contributed by atoms with Gasteiger partial charge < -0.3 is 85.3 Å². The molecule has 4 fully saturated rings. The van der Waals surface area contributed by atoms with E-state index in [0.717, 1.165) is 53.7 Å². The minimum absolute atomic E-state index is 0.0974. The van der Waals surface area contributed by atoms with Crippen LogP contribution in [0.2, 0.25) is 0 Å². The fourth-order valence-electron chi connectivity index (χ4n) is 10.2. The molecule has 0 amide bonds. The van der Waals surface area contributed by atoms with Gasteiger partial charge in [0, 0.05) is 73.5 Å². The summed E-state index contributed by atoms with van der Waals surface area (Å²) in [7, 11) is 2.69. The normalized spacial score (nSPS) is 29.8. The fraction of sp³-hybridized carbons (Fsp3) is 0.509. The Balaban J connectivity index is 1.25. The Hall–Kier alpha value is -8.44. The summed E-state index contributed by atoms with van der Waals surface area (Å²) in [5.41, 5.74) is -0.772. The van der Waals surface area contributed by atoms with Crippen LogP contribution in [0.4, 0.5) is 0 Å². The number of benzene rings is 2. The van der Waals surface area contributed by atoms with Crippen molar-refractivity contribution >= 4 is 71.8 Å². The highest BCUT2D eigenvalue weighted by Gasteiger charge is 2.78. The molecule has 1 saturated carbocycles. The summed E-state index contributed by atoms with van der Waals surface area (Å²) in [6.07, 6.45) is -12.2. The van der Waals surface area contributed by atoms with Crippen molar-refractivity contribution in [3.8, 4) is 23.0 Å². The van der Waals surface area contributed by atoms with E-state index in [0.29, 0.717) is 11.1 Å². The Morgan fingerprint density at radius 2 is 0.988 bits per heavy atom. The Morgan fingerprint density at radius 1 is 0.506 bits per heavy atom. The van der Waals surface area contributed by atoms with Crippen LogP contribution in [0.25, 0.3) is 12.2 Å². The standard InChI is InChI=1S/C57H64O28/c1-26-46(76-31(6)62)49(81-43(66)18-14-35-12-16-38(74-29(4)60)40(22-35)68-10)52(82-44(67)19-15-36-13-17-39(75-30(5)61)41(23-36)69-11)55(73-26)83-47-37-20-21-70-54(45(37)57(53(47)85-57)25-72-28(3)59)84-56-51(79-34(9)65)50(78-33(8)64)48(77-32(7)63)42(80-56)24-71-27(2)58/h12-23,26,37,42,45-56H,24-25H2,1-11H3/b18-14+,19-15+/t26-,37?,42-,45?,46+,47+,48-,49-,50+,51-,52+,53+,54+,55+,56+,57-/m1/s1. The summed E-state index contributed by atoms with van der Waals surface area (Å²) in [5, 5.41) is 0. The van der Waals surface area contributed by atoms with Crippen molar-refractivity contribution < 1.29 is 133 Å². The topological polar surface area (TPSA) is 340 Å². The molecule has 16 atom stereocenters. The molecule has 28 nitrogen and oxygen atoms in total. The molecule has 3 saturated heterocycles. The molecule has 0 N–H and O–H groups in total. The number of carbonyl (C=O) groups excluding carboxylic acids is 10.